The van der Waals surface area contributed by atoms with Gasteiger partial charge in [0.15, 0.2) is 0 Å². The van der Waals surface area contributed by atoms with Crippen LogP contribution in [0, 0.1) is 0 Å². The zero-order chi connectivity index (χ0) is 24.4. The molecule has 0 fully saturated rings. The van der Waals surface area contributed by atoms with Gasteiger partial charge in [-0.05, 0) is 42.3 Å². The van der Waals surface area contributed by atoms with Crippen LogP contribution in [0.1, 0.15) is 58.1 Å². The van der Waals surface area contributed by atoms with Gasteiger partial charge >= 0.3 is 0 Å². The number of hydrazine groups is 1. The third kappa shape index (κ3) is 7.36. The number of rotatable bonds is 9. The molecule has 0 radical (unpaired) electrons. The number of amides is 1. The van der Waals surface area contributed by atoms with Crippen molar-refractivity contribution in [2.45, 2.75) is 52.5 Å². The molecule has 0 saturated carbocycles. The second kappa shape index (κ2) is 13.4. The maximum absolute atomic E-state index is 12.9. The highest BCUT2D eigenvalue weighted by Crippen LogP contribution is 2.40. The predicted octanol–water partition coefficient (Wildman–Crippen LogP) is 6.49. The Kier molecular flexibility index (Phi) is 11.0. The Morgan fingerprint density at radius 2 is 1.88 bits per heavy atom. The van der Waals surface area contributed by atoms with Gasteiger partial charge < -0.3 is 4.74 Å². The van der Waals surface area contributed by atoms with Crippen molar-refractivity contribution in [2.75, 3.05) is 25.7 Å². The molecule has 0 aromatic heterocycles. The quantitative estimate of drug-likeness (QED) is 0.321. The normalized spacial score (nSPS) is 15.1. The SMILES string of the molecule is CC.CCCCCN(C)NC(=O)C1=NN(c2ccc(Cl)cc2Cl)C(c2ccc(OC)cc2)C1. The van der Waals surface area contributed by atoms with Crippen LogP contribution in [0.2, 0.25) is 10.0 Å². The minimum atomic E-state index is -0.204. The van der Waals surface area contributed by atoms with Gasteiger partial charge in [0.25, 0.3) is 5.91 Å². The van der Waals surface area contributed by atoms with Gasteiger partial charge in [0.2, 0.25) is 0 Å². The molecule has 8 heteroatoms. The van der Waals surface area contributed by atoms with Crippen LogP contribution in [0.15, 0.2) is 47.6 Å². The maximum atomic E-state index is 12.9. The molecule has 1 heterocycles. The first kappa shape index (κ1) is 27.0. The highest BCUT2D eigenvalue weighted by Gasteiger charge is 2.33. The second-order valence-electron chi connectivity index (χ2n) is 7.55. The summed E-state index contributed by atoms with van der Waals surface area (Å²) in [4.78, 5) is 12.9. The van der Waals surface area contributed by atoms with Crippen LogP contribution in [0.4, 0.5) is 5.69 Å². The number of hydrogen-bond donors (Lipinski definition) is 1. The fourth-order valence-corrected chi connectivity index (χ4v) is 4.01. The van der Waals surface area contributed by atoms with E-state index in [0.29, 0.717) is 27.9 Å². The third-order valence-corrected chi connectivity index (χ3v) is 5.76. The van der Waals surface area contributed by atoms with E-state index in [-0.39, 0.29) is 11.9 Å². The Morgan fingerprint density at radius 3 is 2.48 bits per heavy atom. The summed E-state index contributed by atoms with van der Waals surface area (Å²) in [5.74, 6) is 0.565. The zero-order valence-corrected chi connectivity index (χ0v) is 21.6. The van der Waals surface area contributed by atoms with E-state index in [9.17, 15) is 4.79 Å². The maximum Gasteiger partial charge on any atom is 0.281 e. The van der Waals surface area contributed by atoms with Gasteiger partial charge in [-0.1, -0.05) is 68.9 Å². The van der Waals surface area contributed by atoms with Crippen molar-refractivity contribution in [1.29, 1.82) is 0 Å². The molecule has 2 aromatic carbocycles. The molecule has 3 rings (SSSR count). The third-order valence-electron chi connectivity index (χ3n) is 5.22. The van der Waals surface area contributed by atoms with Gasteiger partial charge in [0.1, 0.15) is 11.5 Å². The lowest BCUT2D eigenvalue weighted by molar-refractivity contribution is -0.118. The van der Waals surface area contributed by atoms with Gasteiger partial charge in [-0.3, -0.25) is 15.2 Å². The standard InChI is InChI=1S/C23H28Cl2N4O2.C2H6/c1-4-5-6-13-28(2)27-23(30)20-15-22(16-7-10-18(31-3)11-8-16)29(26-20)21-12-9-17(24)14-19(21)25;1-2/h7-12,14,22H,4-6,13,15H2,1-3H3,(H,27,30);1-2H3. The number of nitrogens with zero attached hydrogens (tertiary/aromatic N) is 3. The van der Waals surface area contributed by atoms with Crippen molar-refractivity contribution in [1.82, 2.24) is 10.4 Å². The number of methoxy groups -OCH3 is 1. The fraction of sp³-hybridized carbons (Fsp3) is 0.440. The van der Waals surface area contributed by atoms with Crippen LogP contribution >= 0.6 is 23.2 Å². The molecular formula is C25H34Cl2N4O2. The van der Waals surface area contributed by atoms with Crippen molar-refractivity contribution >= 4 is 40.5 Å². The molecule has 1 N–H and O–H groups in total. The van der Waals surface area contributed by atoms with Crippen LogP contribution in [-0.4, -0.2) is 37.3 Å². The number of unbranched alkanes of at least 4 members (excludes halogenated alkanes) is 2. The summed E-state index contributed by atoms with van der Waals surface area (Å²) in [5.41, 5.74) is 5.09. The highest BCUT2D eigenvalue weighted by atomic mass is 35.5. The van der Waals surface area contributed by atoms with E-state index in [1.54, 1.807) is 24.3 Å². The van der Waals surface area contributed by atoms with Crippen LogP contribution < -0.4 is 15.2 Å². The molecule has 180 valence electrons. The number of nitrogens with one attached hydrogen (secondary N) is 1. The van der Waals surface area contributed by atoms with E-state index in [1.165, 1.54) is 0 Å². The molecule has 1 atom stereocenters. The summed E-state index contributed by atoms with van der Waals surface area (Å²) >= 11 is 12.5. The number of hydrazone groups is 1. The predicted molar refractivity (Wildman–Crippen MR) is 138 cm³/mol. The minimum absolute atomic E-state index is 0.171. The lowest BCUT2D eigenvalue weighted by atomic mass is 10.0. The molecule has 0 saturated heterocycles. The first-order valence-electron chi connectivity index (χ1n) is 11.4. The molecule has 1 aliphatic heterocycles. The smallest absolute Gasteiger partial charge is 0.281 e. The van der Waals surface area contributed by atoms with E-state index < -0.39 is 0 Å². The average Bonchev–Trinajstić information content (AvgIpc) is 3.26. The first-order valence-corrected chi connectivity index (χ1v) is 12.2. The molecule has 0 spiro atoms. The lowest BCUT2D eigenvalue weighted by Gasteiger charge is -2.25. The number of ether oxygens (including phenoxy) is 1. The molecule has 1 amide bonds. The largest absolute Gasteiger partial charge is 0.497 e. The summed E-state index contributed by atoms with van der Waals surface area (Å²) in [5, 5.41) is 9.30. The molecule has 33 heavy (non-hydrogen) atoms. The van der Waals surface area contributed by atoms with Crippen LogP contribution in [0.25, 0.3) is 0 Å². The molecule has 1 aliphatic rings. The Morgan fingerprint density at radius 1 is 1.18 bits per heavy atom. The van der Waals surface area contributed by atoms with Gasteiger partial charge in [0.05, 0.1) is 23.9 Å². The fourth-order valence-electron chi connectivity index (χ4n) is 3.51. The Hall–Kier alpha value is -2.28. The van der Waals surface area contributed by atoms with Crippen molar-refractivity contribution in [3.05, 3.63) is 58.1 Å². The number of halogens is 2. The molecule has 1 unspecified atom stereocenters. The van der Waals surface area contributed by atoms with Gasteiger partial charge in [0, 0.05) is 25.0 Å². The summed E-state index contributed by atoms with van der Waals surface area (Å²) in [7, 11) is 3.50. The number of benzene rings is 2. The monoisotopic (exact) mass is 492 g/mol. The van der Waals surface area contributed by atoms with Crippen molar-refractivity contribution in [3.8, 4) is 5.75 Å². The topological polar surface area (TPSA) is 57.2 Å². The molecule has 0 aliphatic carbocycles. The van der Waals surface area contributed by atoms with Gasteiger partial charge in [-0.25, -0.2) is 5.01 Å². The number of carbonyl (C=O) groups is 1. The summed E-state index contributed by atoms with van der Waals surface area (Å²) < 4.78 is 5.27. The van der Waals surface area contributed by atoms with E-state index >= 15 is 0 Å². The van der Waals surface area contributed by atoms with Crippen molar-refractivity contribution < 1.29 is 9.53 Å². The summed E-state index contributed by atoms with van der Waals surface area (Å²) in [6, 6.07) is 12.9. The van der Waals surface area contributed by atoms with Crippen molar-refractivity contribution in [2.24, 2.45) is 5.10 Å². The highest BCUT2D eigenvalue weighted by molar-refractivity contribution is 6.40. The Bertz CT molecular complexity index is 935. The van der Waals surface area contributed by atoms with Gasteiger partial charge in [-0.15, -0.1) is 0 Å². The minimum Gasteiger partial charge on any atom is -0.497 e. The Balaban J connectivity index is 0.00000187. The summed E-state index contributed by atoms with van der Waals surface area (Å²) in [6.45, 7) is 6.95. The first-order chi connectivity index (χ1) is 15.9. The average molecular weight is 493 g/mol. The van der Waals surface area contributed by atoms with Crippen LogP contribution in [-0.2, 0) is 4.79 Å². The second-order valence-corrected chi connectivity index (χ2v) is 8.39. The van der Waals surface area contributed by atoms with Crippen LogP contribution in [0.5, 0.6) is 5.75 Å². The number of carbonyl (C=O) groups excluding carboxylic acids is 1. The van der Waals surface area contributed by atoms with Gasteiger partial charge in [-0.2, -0.15) is 5.10 Å². The van der Waals surface area contributed by atoms with E-state index in [2.05, 4.69) is 17.5 Å². The zero-order valence-electron chi connectivity index (χ0n) is 20.1. The Labute approximate surface area is 207 Å². The van der Waals surface area contributed by atoms with Crippen LogP contribution in [0.3, 0.4) is 0 Å². The molecular weight excluding hydrogens is 459 g/mol. The molecule has 6 nitrogen and oxygen atoms in total. The summed E-state index contributed by atoms with van der Waals surface area (Å²) in [6.07, 6.45) is 3.75. The van der Waals surface area contributed by atoms with Crippen molar-refractivity contribution in [3.63, 3.8) is 0 Å². The number of hydrogen-bond acceptors (Lipinski definition) is 5. The molecule has 0 bridgehead atoms. The lowest BCUT2D eigenvalue weighted by Crippen LogP contribution is -2.43. The number of anilines is 1. The van der Waals surface area contributed by atoms with E-state index in [0.717, 1.165) is 37.1 Å². The molecule has 2 aromatic rings. The van der Waals surface area contributed by atoms with E-state index in [1.807, 2.05) is 56.2 Å². The van der Waals surface area contributed by atoms with E-state index in [4.69, 9.17) is 27.9 Å².